The number of rotatable bonds is 4. The molecular formula is C17H21ClN4O2S. The lowest BCUT2D eigenvalue weighted by molar-refractivity contribution is 0.433. The second-order valence-corrected chi connectivity index (χ2v) is 9.15. The molecule has 0 aliphatic carbocycles. The number of pyridine rings is 1. The summed E-state index contributed by atoms with van der Waals surface area (Å²) in [4.78, 5) is 15.5. The average molecular weight is 381 g/mol. The molecule has 134 valence electrons. The van der Waals surface area contributed by atoms with Gasteiger partial charge in [0.1, 0.15) is 15.5 Å². The number of aryl methyl sites for hydroxylation is 1. The van der Waals surface area contributed by atoms with Gasteiger partial charge in [-0.1, -0.05) is 17.7 Å². The Morgan fingerprint density at radius 3 is 2.60 bits per heavy atom. The molecule has 0 saturated carbocycles. The molecule has 8 heteroatoms. The van der Waals surface area contributed by atoms with Gasteiger partial charge in [0.25, 0.3) is 0 Å². The third-order valence-corrected chi connectivity index (χ3v) is 5.75. The van der Waals surface area contributed by atoms with E-state index in [1.165, 1.54) is 6.26 Å². The SMILES string of the molecule is Cc1cccnc1-c1nc(N2CCC(CS(C)(=O)=O)CC2)ncc1Cl. The zero-order valence-corrected chi connectivity index (χ0v) is 15.9. The molecule has 1 aliphatic heterocycles. The molecule has 0 bridgehead atoms. The van der Waals surface area contributed by atoms with Crippen molar-refractivity contribution < 1.29 is 8.42 Å². The first-order chi connectivity index (χ1) is 11.8. The van der Waals surface area contributed by atoms with Gasteiger partial charge in [-0.15, -0.1) is 0 Å². The topological polar surface area (TPSA) is 76.1 Å². The molecule has 0 unspecified atom stereocenters. The van der Waals surface area contributed by atoms with Gasteiger partial charge in [0.05, 0.1) is 22.7 Å². The molecule has 0 atom stereocenters. The van der Waals surface area contributed by atoms with Gasteiger partial charge < -0.3 is 4.90 Å². The van der Waals surface area contributed by atoms with Crippen molar-refractivity contribution in [2.75, 3.05) is 30.0 Å². The molecule has 0 amide bonds. The highest BCUT2D eigenvalue weighted by Crippen LogP contribution is 2.29. The van der Waals surface area contributed by atoms with Crippen molar-refractivity contribution in [1.82, 2.24) is 15.0 Å². The van der Waals surface area contributed by atoms with Crippen LogP contribution in [0.5, 0.6) is 0 Å². The third kappa shape index (κ3) is 4.46. The zero-order valence-electron chi connectivity index (χ0n) is 14.3. The average Bonchev–Trinajstić information content (AvgIpc) is 2.55. The minimum Gasteiger partial charge on any atom is -0.341 e. The van der Waals surface area contributed by atoms with Crippen molar-refractivity contribution in [3.8, 4) is 11.4 Å². The lowest BCUT2D eigenvalue weighted by atomic mass is 9.99. The fraction of sp³-hybridized carbons (Fsp3) is 0.471. The van der Waals surface area contributed by atoms with Crippen molar-refractivity contribution in [2.24, 2.45) is 5.92 Å². The quantitative estimate of drug-likeness (QED) is 0.811. The van der Waals surface area contributed by atoms with E-state index in [9.17, 15) is 8.42 Å². The predicted molar refractivity (Wildman–Crippen MR) is 99.7 cm³/mol. The Morgan fingerprint density at radius 1 is 1.24 bits per heavy atom. The van der Waals surface area contributed by atoms with Gasteiger partial charge in [-0.2, -0.15) is 0 Å². The van der Waals surface area contributed by atoms with Gasteiger partial charge in [0, 0.05) is 25.5 Å². The number of hydrogen-bond acceptors (Lipinski definition) is 6. The summed E-state index contributed by atoms with van der Waals surface area (Å²) in [6, 6.07) is 3.85. The van der Waals surface area contributed by atoms with Gasteiger partial charge in [0.15, 0.2) is 0 Å². The molecule has 1 fully saturated rings. The van der Waals surface area contributed by atoms with E-state index >= 15 is 0 Å². The van der Waals surface area contributed by atoms with Crippen LogP contribution in [0.15, 0.2) is 24.5 Å². The summed E-state index contributed by atoms with van der Waals surface area (Å²) in [5, 5.41) is 0.470. The van der Waals surface area contributed by atoms with Crippen LogP contribution in [0.1, 0.15) is 18.4 Å². The Labute approximate surface area is 153 Å². The van der Waals surface area contributed by atoms with Crippen molar-refractivity contribution in [3.63, 3.8) is 0 Å². The smallest absolute Gasteiger partial charge is 0.226 e. The van der Waals surface area contributed by atoms with Gasteiger partial charge in [-0.3, -0.25) is 4.98 Å². The predicted octanol–water partition coefficient (Wildman–Crippen LogP) is 2.76. The number of anilines is 1. The summed E-state index contributed by atoms with van der Waals surface area (Å²) in [5.74, 6) is 1.07. The number of piperidine rings is 1. The Kier molecular flexibility index (Phi) is 5.24. The van der Waals surface area contributed by atoms with E-state index in [2.05, 4.69) is 19.9 Å². The monoisotopic (exact) mass is 380 g/mol. The molecule has 3 rings (SSSR count). The maximum absolute atomic E-state index is 11.5. The van der Waals surface area contributed by atoms with E-state index in [1.54, 1.807) is 12.4 Å². The second-order valence-electron chi connectivity index (χ2n) is 6.56. The molecule has 0 spiro atoms. The molecule has 1 aliphatic rings. The summed E-state index contributed by atoms with van der Waals surface area (Å²) < 4.78 is 22.9. The van der Waals surface area contributed by atoms with Crippen LogP contribution in [0.2, 0.25) is 5.02 Å². The van der Waals surface area contributed by atoms with E-state index < -0.39 is 9.84 Å². The Morgan fingerprint density at radius 2 is 1.96 bits per heavy atom. The lowest BCUT2D eigenvalue weighted by Gasteiger charge is -2.31. The molecule has 6 nitrogen and oxygen atoms in total. The maximum Gasteiger partial charge on any atom is 0.226 e. The van der Waals surface area contributed by atoms with Crippen LogP contribution in [0.25, 0.3) is 11.4 Å². The highest BCUT2D eigenvalue weighted by molar-refractivity contribution is 7.90. The first kappa shape index (κ1) is 18.1. The van der Waals surface area contributed by atoms with Crippen LogP contribution in [0, 0.1) is 12.8 Å². The number of sulfone groups is 1. The van der Waals surface area contributed by atoms with Gasteiger partial charge in [-0.25, -0.2) is 18.4 Å². The van der Waals surface area contributed by atoms with E-state index in [0.717, 1.165) is 37.2 Å². The van der Waals surface area contributed by atoms with Gasteiger partial charge >= 0.3 is 0 Å². The molecule has 3 heterocycles. The largest absolute Gasteiger partial charge is 0.341 e. The zero-order chi connectivity index (χ0) is 18.0. The molecule has 0 radical (unpaired) electrons. The number of hydrogen-bond donors (Lipinski definition) is 0. The van der Waals surface area contributed by atoms with Crippen LogP contribution in [0.4, 0.5) is 5.95 Å². The molecule has 2 aromatic heterocycles. The fourth-order valence-electron chi connectivity index (χ4n) is 3.14. The summed E-state index contributed by atoms with van der Waals surface area (Å²) in [7, 11) is -2.93. The first-order valence-corrected chi connectivity index (χ1v) is 10.6. The van der Waals surface area contributed by atoms with Crippen molar-refractivity contribution in [3.05, 3.63) is 35.1 Å². The Bertz CT molecular complexity index is 865. The van der Waals surface area contributed by atoms with E-state index in [-0.39, 0.29) is 11.7 Å². The summed E-state index contributed by atoms with van der Waals surface area (Å²) in [6.07, 6.45) is 6.25. The minimum absolute atomic E-state index is 0.205. The second kappa shape index (κ2) is 7.25. The summed E-state index contributed by atoms with van der Waals surface area (Å²) >= 11 is 6.29. The van der Waals surface area contributed by atoms with E-state index in [0.29, 0.717) is 16.7 Å². The van der Waals surface area contributed by atoms with Crippen LogP contribution in [-0.2, 0) is 9.84 Å². The molecule has 2 aromatic rings. The van der Waals surface area contributed by atoms with Crippen LogP contribution in [-0.4, -0.2) is 48.5 Å². The maximum atomic E-state index is 11.5. The number of halogens is 1. The van der Waals surface area contributed by atoms with Crippen LogP contribution >= 0.6 is 11.6 Å². The van der Waals surface area contributed by atoms with Crippen molar-refractivity contribution in [2.45, 2.75) is 19.8 Å². The fourth-order valence-corrected chi connectivity index (χ4v) is 4.51. The standard InChI is InChI=1S/C17H21ClN4O2S/c1-12-4-3-7-19-15(12)16-14(18)10-20-17(21-16)22-8-5-13(6-9-22)11-25(2,23)24/h3-4,7,10,13H,5-6,8-9,11H2,1-2H3. The third-order valence-electron chi connectivity index (χ3n) is 4.40. The molecule has 25 heavy (non-hydrogen) atoms. The van der Waals surface area contributed by atoms with Crippen molar-refractivity contribution in [1.29, 1.82) is 0 Å². The first-order valence-electron chi connectivity index (χ1n) is 8.20. The molecule has 0 N–H and O–H groups in total. The Hall–Kier alpha value is -1.73. The van der Waals surface area contributed by atoms with E-state index in [4.69, 9.17) is 11.6 Å². The highest BCUT2D eigenvalue weighted by Gasteiger charge is 2.24. The summed E-state index contributed by atoms with van der Waals surface area (Å²) in [6.45, 7) is 3.45. The Balaban J connectivity index is 1.79. The molecule has 0 aromatic carbocycles. The normalized spacial score (nSPS) is 16.2. The molecule has 1 saturated heterocycles. The van der Waals surface area contributed by atoms with Crippen molar-refractivity contribution >= 4 is 27.4 Å². The van der Waals surface area contributed by atoms with Crippen LogP contribution in [0.3, 0.4) is 0 Å². The van der Waals surface area contributed by atoms with Crippen LogP contribution < -0.4 is 4.90 Å². The number of aromatic nitrogens is 3. The van der Waals surface area contributed by atoms with Gasteiger partial charge in [0.2, 0.25) is 5.95 Å². The van der Waals surface area contributed by atoms with Gasteiger partial charge in [-0.05, 0) is 37.3 Å². The number of nitrogens with zero attached hydrogens (tertiary/aromatic N) is 4. The molecular weight excluding hydrogens is 360 g/mol. The lowest BCUT2D eigenvalue weighted by Crippen LogP contribution is -2.36. The minimum atomic E-state index is -2.93. The summed E-state index contributed by atoms with van der Waals surface area (Å²) in [5.41, 5.74) is 2.38. The van der Waals surface area contributed by atoms with E-state index in [1.807, 2.05) is 19.1 Å². The highest BCUT2D eigenvalue weighted by atomic mass is 35.5.